The van der Waals surface area contributed by atoms with E-state index in [1.54, 1.807) is 0 Å². The minimum Gasteiger partial charge on any atom is -0.393 e. The molecule has 0 amide bonds. The Morgan fingerprint density at radius 1 is 1.35 bits per heavy atom. The van der Waals surface area contributed by atoms with E-state index in [0.717, 1.165) is 31.4 Å². The number of aliphatic hydroxyl groups excluding tert-OH is 1. The minimum absolute atomic E-state index is 0.0406. The standard InChI is InChI=1S/C14H21NO2/c1-13(2)11-5-4-10(16)7-14(11,3)6-9-8-15-17-12(9)13/h8,10-11,16H,4-7H2,1-3H3. The second-order valence-corrected chi connectivity index (χ2v) is 6.72. The summed E-state index contributed by atoms with van der Waals surface area (Å²) in [4.78, 5) is 0. The lowest BCUT2D eigenvalue weighted by Gasteiger charge is -2.53. The SMILES string of the molecule is CC12Cc3cnoc3C(C)(C)C1CCC(O)C2. The van der Waals surface area contributed by atoms with Gasteiger partial charge in [0.25, 0.3) is 0 Å². The molecule has 3 rings (SSSR count). The Hall–Kier alpha value is -0.830. The number of fused-ring (bicyclic) bond motifs is 2. The Labute approximate surface area is 102 Å². The molecule has 2 aliphatic rings. The van der Waals surface area contributed by atoms with Gasteiger partial charge in [-0.25, -0.2) is 0 Å². The first-order chi connectivity index (χ1) is 7.93. The lowest BCUT2D eigenvalue weighted by molar-refractivity contribution is -0.0323. The Morgan fingerprint density at radius 2 is 2.12 bits per heavy atom. The second kappa shape index (κ2) is 3.35. The lowest BCUT2D eigenvalue weighted by Crippen LogP contribution is -2.50. The van der Waals surface area contributed by atoms with Crippen LogP contribution >= 0.6 is 0 Å². The van der Waals surface area contributed by atoms with Gasteiger partial charge in [0, 0.05) is 11.0 Å². The number of aliphatic hydroxyl groups is 1. The van der Waals surface area contributed by atoms with E-state index in [9.17, 15) is 5.11 Å². The van der Waals surface area contributed by atoms with Gasteiger partial charge in [-0.15, -0.1) is 0 Å². The van der Waals surface area contributed by atoms with Crippen LogP contribution in [0.2, 0.25) is 0 Å². The van der Waals surface area contributed by atoms with Crippen molar-refractivity contribution in [3.8, 4) is 0 Å². The zero-order chi connectivity index (χ0) is 12.3. The summed E-state index contributed by atoms with van der Waals surface area (Å²) >= 11 is 0. The number of rotatable bonds is 0. The maximum absolute atomic E-state index is 9.94. The van der Waals surface area contributed by atoms with Crippen molar-refractivity contribution in [2.24, 2.45) is 11.3 Å². The fourth-order valence-corrected chi connectivity index (χ4v) is 4.43. The molecule has 0 radical (unpaired) electrons. The van der Waals surface area contributed by atoms with Crippen LogP contribution in [0.5, 0.6) is 0 Å². The quantitative estimate of drug-likeness (QED) is 0.752. The van der Waals surface area contributed by atoms with E-state index in [2.05, 4.69) is 25.9 Å². The molecule has 1 aromatic heterocycles. The van der Waals surface area contributed by atoms with Gasteiger partial charge in [0.05, 0.1) is 12.3 Å². The summed E-state index contributed by atoms with van der Waals surface area (Å²) in [6.07, 6.45) is 5.65. The molecular weight excluding hydrogens is 214 g/mol. The number of aromatic nitrogens is 1. The van der Waals surface area contributed by atoms with Crippen LogP contribution < -0.4 is 0 Å². The van der Waals surface area contributed by atoms with Crippen LogP contribution in [0.25, 0.3) is 0 Å². The second-order valence-electron chi connectivity index (χ2n) is 6.72. The average molecular weight is 235 g/mol. The van der Waals surface area contributed by atoms with E-state index >= 15 is 0 Å². The molecular formula is C14H21NO2. The number of hydrogen-bond acceptors (Lipinski definition) is 3. The summed E-state index contributed by atoms with van der Waals surface area (Å²) in [5, 5.41) is 13.9. The summed E-state index contributed by atoms with van der Waals surface area (Å²) in [5.74, 6) is 1.65. The van der Waals surface area contributed by atoms with Gasteiger partial charge < -0.3 is 9.63 Å². The normalized spacial score (nSPS) is 39.5. The van der Waals surface area contributed by atoms with E-state index in [4.69, 9.17) is 4.52 Å². The van der Waals surface area contributed by atoms with Gasteiger partial charge in [0.15, 0.2) is 0 Å². The average Bonchev–Trinajstić information content (AvgIpc) is 2.64. The Kier molecular flexibility index (Phi) is 2.22. The van der Waals surface area contributed by atoms with Crippen LogP contribution in [-0.4, -0.2) is 16.4 Å². The summed E-state index contributed by atoms with van der Waals surface area (Å²) in [6.45, 7) is 6.84. The molecule has 94 valence electrons. The van der Waals surface area contributed by atoms with Crippen LogP contribution in [0.1, 0.15) is 51.4 Å². The van der Waals surface area contributed by atoms with Crippen molar-refractivity contribution >= 4 is 0 Å². The third kappa shape index (κ3) is 1.48. The first-order valence-electron chi connectivity index (χ1n) is 6.55. The zero-order valence-electron chi connectivity index (χ0n) is 10.9. The molecule has 0 spiro atoms. The Balaban J connectivity index is 2.08. The van der Waals surface area contributed by atoms with E-state index in [1.807, 2.05) is 6.20 Å². The van der Waals surface area contributed by atoms with Crippen LogP contribution in [-0.2, 0) is 11.8 Å². The first kappa shape index (κ1) is 11.3. The fraction of sp³-hybridized carbons (Fsp3) is 0.786. The molecule has 1 N–H and O–H groups in total. The van der Waals surface area contributed by atoms with Crippen molar-refractivity contribution in [2.45, 2.75) is 58.0 Å². The molecule has 1 saturated carbocycles. The highest BCUT2D eigenvalue weighted by Crippen LogP contribution is 2.56. The maximum atomic E-state index is 9.94. The topological polar surface area (TPSA) is 46.3 Å². The third-order valence-corrected chi connectivity index (χ3v) is 5.03. The van der Waals surface area contributed by atoms with Crippen molar-refractivity contribution in [3.63, 3.8) is 0 Å². The molecule has 3 atom stereocenters. The van der Waals surface area contributed by atoms with Crippen LogP contribution in [0.4, 0.5) is 0 Å². The summed E-state index contributed by atoms with van der Waals surface area (Å²) in [5.41, 5.74) is 1.47. The highest BCUT2D eigenvalue weighted by molar-refractivity contribution is 5.30. The zero-order valence-corrected chi connectivity index (χ0v) is 10.9. The molecule has 1 heterocycles. The van der Waals surface area contributed by atoms with Crippen molar-refractivity contribution < 1.29 is 9.63 Å². The molecule has 3 unspecified atom stereocenters. The van der Waals surface area contributed by atoms with Gasteiger partial charge >= 0.3 is 0 Å². The highest BCUT2D eigenvalue weighted by atomic mass is 16.5. The van der Waals surface area contributed by atoms with Crippen molar-refractivity contribution in [1.29, 1.82) is 0 Å². The molecule has 0 aliphatic heterocycles. The fourth-order valence-electron chi connectivity index (χ4n) is 4.43. The predicted octanol–water partition coefficient (Wildman–Crippen LogP) is 2.68. The largest absolute Gasteiger partial charge is 0.393 e. The Morgan fingerprint density at radius 3 is 2.88 bits per heavy atom. The van der Waals surface area contributed by atoms with Crippen molar-refractivity contribution in [1.82, 2.24) is 5.16 Å². The van der Waals surface area contributed by atoms with Gasteiger partial charge in [-0.05, 0) is 37.0 Å². The van der Waals surface area contributed by atoms with Gasteiger partial charge in [0.1, 0.15) is 5.76 Å². The number of nitrogens with zero attached hydrogens (tertiary/aromatic N) is 1. The Bertz CT molecular complexity index is 437. The molecule has 17 heavy (non-hydrogen) atoms. The lowest BCUT2D eigenvalue weighted by atomic mass is 9.51. The maximum Gasteiger partial charge on any atom is 0.145 e. The van der Waals surface area contributed by atoms with E-state index < -0.39 is 0 Å². The minimum atomic E-state index is -0.131. The molecule has 2 aliphatic carbocycles. The van der Waals surface area contributed by atoms with E-state index in [1.165, 1.54) is 5.56 Å². The van der Waals surface area contributed by atoms with E-state index in [-0.39, 0.29) is 16.9 Å². The summed E-state index contributed by atoms with van der Waals surface area (Å²) < 4.78 is 5.48. The van der Waals surface area contributed by atoms with Gasteiger partial charge in [-0.2, -0.15) is 0 Å². The summed E-state index contributed by atoms with van der Waals surface area (Å²) in [6, 6.07) is 0. The smallest absolute Gasteiger partial charge is 0.145 e. The molecule has 3 heteroatoms. The molecule has 1 fully saturated rings. The molecule has 0 aromatic carbocycles. The summed E-state index contributed by atoms with van der Waals surface area (Å²) in [7, 11) is 0. The van der Waals surface area contributed by atoms with Crippen LogP contribution in [0.15, 0.2) is 10.7 Å². The number of hydrogen-bond donors (Lipinski definition) is 1. The monoisotopic (exact) mass is 235 g/mol. The van der Waals surface area contributed by atoms with Gasteiger partial charge in [-0.3, -0.25) is 0 Å². The van der Waals surface area contributed by atoms with Crippen LogP contribution in [0.3, 0.4) is 0 Å². The first-order valence-corrected chi connectivity index (χ1v) is 6.55. The molecule has 3 nitrogen and oxygen atoms in total. The van der Waals surface area contributed by atoms with Crippen LogP contribution in [0, 0.1) is 11.3 Å². The molecule has 1 aromatic rings. The van der Waals surface area contributed by atoms with Gasteiger partial charge in [0.2, 0.25) is 0 Å². The highest BCUT2D eigenvalue weighted by Gasteiger charge is 2.53. The van der Waals surface area contributed by atoms with Gasteiger partial charge in [-0.1, -0.05) is 25.9 Å². The third-order valence-electron chi connectivity index (χ3n) is 5.03. The van der Waals surface area contributed by atoms with E-state index in [0.29, 0.717) is 5.92 Å². The van der Waals surface area contributed by atoms with Crippen molar-refractivity contribution in [2.75, 3.05) is 0 Å². The van der Waals surface area contributed by atoms with Crippen molar-refractivity contribution in [3.05, 3.63) is 17.5 Å². The predicted molar refractivity (Wildman–Crippen MR) is 64.7 cm³/mol. The molecule has 0 saturated heterocycles. The molecule has 0 bridgehead atoms.